The molecule has 2 rings (SSSR count). The number of pyridine rings is 1. The molecule has 0 aliphatic carbocycles. The number of aromatic nitrogens is 1. The summed E-state index contributed by atoms with van der Waals surface area (Å²) in [6, 6.07) is 9.15. The average Bonchev–Trinajstić information content (AvgIpc) is 2.47. The Hall–Kier alpha value is -1.58. The van der Waals surface area contributed by atoms with Crippen molar-refractivity contribution in [2.45, 2.75) is 19.4 Å². The normalized spacial score (nSPS) is 10.4. The van der Waals surface area contributed by atoms with Crippen LogP contribution in [0.3, 0.4) is 0 Å². The highest BCUT2D eigenvalue weighted by molar-refractivity contribution is 6.35. The van der Waals surface area contributed by atoms with E-state index in [-0.39, 0.29) is 5.91 Å². The minimum absolute atomic E-state index is 0.0740. The van der Waals surface area contributed by atoms with E-state index >= 15 is 0 Å². The van der Waals surface area contributed by atoms with Crippen molar-refractivity contribution in [1.29, 1.82) is 0 Å². The molecule has 0 N–H and O–H groups in total. The minimum atomic E-state index is 0.0740. The average molecular weight is 323 g/mol. The number of halogens is 2. The molecule has 110 valence electrons. The number of carbonyl (C=O) groups excluding carboxylic acids is 1. The first kappa shape index (κ1) is 15.8. The first-order chi connectivity index (χ1) is 10.1. The lowest BCUT2D eigenvalue weighted by Gasteiger charge is -2.17. The molecule has 0 radical (unpaired) electrons. The van der Waals surface area contributed by atoms with Crippen LogP contribution in [0.4, 0.5) is 0 Å². The topological polar surface area (TPSA) is 33.2 Å². The minimum Gasteiger partial charge on any atom is -0.341 e. The molecule has 0 bridgehead atoms. The van der Waals surface area contributed by atoms with Crippen molar-refractivity contribution < 1.29 is 4.79 Å². The maximum atomic E-state index is 12.1. The maximum Gasteiger partial charge on any atom is 0.222 e. The van der Waals surface area contributed by atoms with E-state index in [1.54, 1.807) is 36.5 Å². The summed E-state index contributed by atoms with van der Waals surface area (Å²) in [5.41, 5.74) is 1.95. The lowest BCUT2D eigenvalue weighted by atomic mass is 10.1. The molecular weight excluding hydrogens is 307 g/mol. The molecule has 0 spiro atoms. The summed E-state index contributed by atoms with van der Waals surface area (Å²) < 4.78 is 0. The molecule has 1 heterocycles. The van der Waals surface area contributed by atoms with E-state index in [1.165, 1.54) is 0 Å². The van der Waals surface area contributed by atoms with Gasteiger partial charge >= 0.3 is 0 Å². The zero-order valence-corrected chi connectivity index (χ0v) is 13.2. The molecule has 0 aliphatic heterocycles. The highest BCUT2D eigenvalue weighted by atomic mass is 35.5. The van der Waals surface area contributed by atoms with Gasteiger partial charge in [0.2, 0.25) is 5.91 Å². The quantitative estimate of drug-likeness (QED) is 0.834. The monoisotopic (exact) mass is 322 g/mol. The van der Waals surface area contributed by atoms with Gasteiger partial charge in [-0.05, 0) is 35.7 Å². The van der Waals surface area contributed by atoms with E-state index in [9.17, 15) is 4.79 Å². The summed E-state index contributed by atoms with van der Waals surface area (Å²) in [5, 5.41) is 1.20. The Bertz CT molecular complexity index is 617. The van der Waals surface area contributed by atoms with Crippen molar-refractivity contribution in [3.8, 4) is 0 Å². The van der Waals surface area contributed by atoms with Crippen LogP contribution in [0.15, 0.2) is 42.7 Å². The Labute approximate surface area is 134 Å². The summed E-state index contributed by atoms with van der Waals surface area (Å²) in [6.45, 7) is 0.557. The Kier molecular flexibility index (Phi) is 5.59. The van der Waals surface area contributed by atoms with Crippen LogP contribution >= 0.6 is 23.2 Å². The van der Waals surface area contributed by atoms with E-state index in [1.807, 2.05) is 18.2 Å². The zero-order chi connectivity index (χ0) is 15.2. The van der Waals surface area contributed by atoms with Crippen LogP contribution in [-0.4, -0.2) is 22.8 Å². The van der Waals surface area contributed by atoms with Gasteiger partial charge in [0.1, 0.15) is 0 Å². The third-order valence-electron chi connectivity index (χ3n) is 3.19. The summed E-state index contributed by atoms with van der Waals surface area (Å²) in [4.78, 5) is 17.9. The molecule has 2 aromatic rings. The molecule has 5 heteroatoms. The van der Waals surface area contributed by atoms with E-state index in [2.05, 4.69) is 4.98 Å². The number of hydrogen-bond acceptors (Lipinski definition) is 2. The van der Waals surface area contributed by atoms with Crippen molar-refractivity contribution in [3.63, 3.8) is 0 Å². The lowest BCUT2D eigenvalue weighted by Crippen LogP contribution is -2.26. The predicted molar refractivity (Wildman–Crippen MR) is 85.5 cm³/mol. The van der Waals surface area contributed by atoms with E-state index < -0.39 is 0 Å². The number of hydrogen-bond donors (Lipinski definition) is 0. The fraction of sp³-hybridized carbons (Fsp3) is 0.250. The Morgan fingerprint density at radius 3 is 2.76 bits per heavy atom. The summed E-state index contributed by atoms with van der Waals surface area (Å²) >= 11 is 12.0. The summed E-state index contributed by atoms with van der Waals surface area (Å²) in [7, 11) is 1.79. The van der Waals surface area contributed by atoms with E-state index in [0.29, 0.717) is 29.4 Å². The number of aryl methyl sites for hydroxylation is 1. The molecule has 0 unspecified atom stereocenters. The molecule has 1 amide bonds. The molecule has 1 aromatic carbocycles. The molecular formula is C16H16Cl2N2O. The molecule has 21 heavy (non-hydrogen) atoms. The highest BCUT2D eigenvalue weighted by Gasteiger charge is 2.11. The van der Waals surface area contributed by atoms with Crippen LogP contribution in [0.5, 0.6) is 0 Å². The Morgan fingerprint density at radius 2 is 2.10 bits per heavy atom. The third-order valence-corrected chi connectivity index (χ3v) is 3.78. The molecule has 1 aromatic heterocycles. The van der Waals surface area contributed by atoms with Crippen molar-refractivity contribution in [3.05, 3.63) is 63.9 Å². The van der Waals surface area contributed by atoms with Crippen LogP contribution < -0.4 is 0 Å². The van der Waals surface area contributed by atoms with Crippen molar-refractivity contribution >= 4 is 29.1 Å². The van der Waals surface area contributed by atoms with Gasteiger partial charge in [-0.25, -0.2) is 0 Å². The fourth-order valence-electron chi connectivity index (χ4n) is 2.01. The summed E-state index contributed by atoms with van der Waals surface area (Å²) in [6.07, 6.45) is 4.50. The molecule has 3 nitrogen and oxygen atoms in total. The van der Waals surface area contributed by atoms with Gasteiger partial charge in [0, 0.05) is 42.5 Å². The Balaban J connectivity index is 1.89. The lowest BCUT2D eigenvalue weighted by molar-refractivity contribution is -0.130. The van der Waals surface area contributed by atoms with E-state index in [0.717, 1.165) is 11.1 Å². The first-order valence-corrected chi connectivity index (χ1v) is 7.38. The van der Waals surface area contributed by atoms with Gasteiger partial charge in [-0.15, -0.1) is 0 Å². The van der Waals surface area contributed by atoms with Crippen molar-refractivity contribution in [1.82, 2.24) is 9.88 Å². The largest absolute Gasteiger partial charge is 0.341 e. The van der Waals surface area contributed by atoms with Crippen molar-refractivity contribution in [2.24, 2.45) is 0 Å². The molecule has 0 saturated carbocycles. The van der Waals surface area contributed by atoms with E-state index in [4.69, 9.17) is 23.2 Å². The predicted octanol–water partition coefficient (Wildman–Crippen LogP) is 3.98. The SMILES string of the molecule is CN(Cc1cccnc1)C(=O)CCc1ccc(Cl)cc1Cl. The van der Waals surface area contributed by atoms with Crippen LogP contribution in [-0.2, 0) is 17.8 Å². The maximum absolute atomic E-state index is 12.1. The van der Waals surface area contributed by atoms with Gasteiger partial charge in [-0.1, -0.05) is 35.3 Å². The molecule has 0 atom stereocenters. The number of amides is 1. The van der Waals surface area contributed by atoms with Crippen molar-refractivity contribution in [2.75, 3.05) is 7.05 Å². The molecule has 0 aliphatic rings. The second-order valence-electron chi connectivity index (χ2n) is 4.85. The second kappa shape index (κ2) is 7.43. The number of benzene rings is 1. The van der Waals surface area contributed by atoms with Crippen LogP contribution in [0.1, 0.15) is 17.5 Å². The Morgan fingerprint density at radius 1 is 1.29 bits per heavy atom. The first-order valence-electron chi connectivity index (χ1n) is 6.63. The fourth-order valence-corrected chi connectivity index (χ4v) is 2.51. The summed E-state index contributed by atoms with van der Waals surface area (Å²) in [5.74, 6) is 0.0740. The van der Waals surface area contributed by atoms with Crippen LogP contribution in [0.2, 0.25) is 10.0 Å². The number of nitrogens with zero attached hydrogens (tertiary/aromatic N) is 2. The number of rotatable bonds is 5. The van der Waals surface area contributed by atoms with Gasteiger partial charge in [-0.3, -0.25) is 9.78 Å². The van der Waals surface area contributed by atoms with Crippen LogP contribution in [0, 0.1) is 0 Å². The van der Waals surface area contributed by atoms with Gasteiger partial charge in [0.25, 0.3) is 0 Å². The smallest absolute Gasteiger partial charge is 0.222 e. The third kappa shape index (κ3) is 4.73. The molecule has 0 fully saturated rings. The zero-order valence-electron chi connectivity index (χ0n) is 11.7. The standard InChI is InChI=1S/C16H16Cl2N2O/c1-20(11-12-3-2-8-19-10-12)16(21)7-5-13-4-6-14(17)9-15(13)18/h2-4,6,8-10H,5,7,11H2,1H3. The van der Waals surface area contributed by atoms with Gasteiger partial charge in [-0.2, -0.15) is 0 Å². The molecule has 0 saturated heterocycles. The van der Waals surface area contributed by atoms with Gasteiger partial charge in [0.15, 0.2) is 0 Å². The van der Waals surface area contributed by atoms with Crippen LogP contribution in [0.25, 0.3) is 0 Å². The number of carbonyl (C=O) groups is 1. The van der Waals surface area contributed by atoms with Gasteiger partial charge in [0.05, 0.1) is 0 Å². The van der Waals surface area contributed by atoms with Gasteiger partial charge < -0.3 is 4.90 Å². The highest BCUT2D eigenvalue weighted by Crippen LogP contribution is 2.22. The second-order valence-corrected chi connectivity index (χ2v) is 5.69.